The van der Waals surface area contributed by atoms with Gasteiger partial charge in [-0.25, -0.2) is 0 Å². The maximum Gasteiger partial charge on any atom is 0.274 e. The fourth-order valence-corrected chi connectivity index (χ4v) is 2.78. The molecule has 0 aliphatic rings. The molecule has 2 aromatic carbocycles. The van der Waals surface area contributed by atoms with Crippen LogP contribution in [0.3, 0.4) is 0 Å². The molecule has 5 heteroatoms. The fourth-order valence-electron chi connectivity index (χ4n) is 2.78. The van der Waals surface area contributed by atoms with Crippen LogP contribution in [0.4, 0.5) is 5.69 Å². The molecule has 132 valence electrons. The monoisotopic (exact) mass is 348 g/mol. The lowest BCUT2D eigenvalue weighted by atomic mass is 9.88. The van der Waals surface area contributed by atoms with Gasteiger partial charge in [0, 0.05) is 18.1 Å². The first-order valence-electron chi connectivity index (χ1n) is 8.39. The van der Waals surface area contributed by atoms with E-state index in [4.69, 9.17) is 0 Å². The number of nitrogens with zero attached hydrogens (tertiary/aromatic N) is 2. The summed E-state index contributed by atoms with van der Waals surface area (Å²) in [6.45, 7) is 3.52. The average molecular weight is 348 g/mol. The minimum absolute atomic E-state index is 0.0659. The van der Waals surface area contributed by atoms with E-state index >= 15 is 0 Å². The van der Waals surface area contributed by atoms with Crippen molar-refractivity contribution < 1.29 is 9.72 Å². The number of nitro groups is 1. The van der Waals surface area contributed by atoms with Crippen molar-refractivity contribution in [2.45, 2.75) is 32.6 Å². The van der Waals surface area contributed by atoms with E-state index in [2.05, 4.69) is 6.07 Å². The van der Waals surface area contributed by atoms with E-state index in [0.717, 1.165) is 11.1 Å². The molecule has 0 fully saturated rings. The molecule has 0 radical (unpaired) electrons. The zero-order chi connectivity index (χ0) is 19.1. The number of nitriles is 1. The maximum absolute atomic E-state index is 12.4. The predicted octanol–water partition coefficient (Wildman–Crippen LogP) is 4.96. The van der Waals surface area contributed by atoms with Crippen LogP contribution in [0, 0.1) is 28.4 Å². The van der Waals surface area contributed by atoms with Gasteiger partial charge in [0.2, 0.25) is 0 Å². The molecule has 26 heavy (non-hydrogen) atoms. The lowest BCUT2D eigenvalue weighted by molar-refractivity contribution is -0.385. The first-order valence-corrected chi connectivity index (χ1v) is 8.39. The van der Waals surface area contributed by atoms with Crippen molar-refractivity contribution in [1.82, 2.24) is 0 Å². The maximum atomic E-state index is 12.4. The highest BCUT2D eigenvalue weighted by molar-refractivity contribution is 5.99. The number of Topliss-reactive ketones (excluding diaryl/α,β-unsaturated/α-hetero) is 1. The normalized spacial score (nSPS) is 12.3. The third kappa shape index (κ3) is 4.64. The van der Waals surface area contributed by atoms with E-state index in [1.54, 1.807) is 32.1 Å². The van der Waals surface area contributed by atoms with Crippen molar-refractivity contribution in [2.75, 3.05) is 0 Å². The minimum Gasteiger partial charge on any atom is -0.295 e. The second-order valence-corrected chi connectivity index (χ2v) is 6.06. The molecule has 0 aromatic heterocycles. The Morgan fingerprint density at radius 1 is 1.27 bits per heavy atom. The fraction of sp³-hybridized carbons (Fsp3) is 0.238. The van der Waals surface area contributed by atoms with Gasteiger partial charge in [-0.3, -0.25) is 14.9 Å². The Labute approximate surface area is 152 Å². The second kappa shape index (κ2) is 8.72. The molecule has 0 saturated heterocycles. The van der Waals surface area contributed by atoms with Gasteiger partial charge in [-0.1, -0.05) is 49.4 Å². The van der Waals surface area contributed by atoms with Crippen LogP contribution in [0.1, 0.15) is 42.4 Å². The summed E-state index contributed by atoms with van der Waals surface area (Å²) in [6.07, 6.45) is 2.21. The summed E-state index contributed by atoms with van der Waals surface area (Å²) < 4.78 is 0. The highest BCUT2D eigenvalue weighted by Crippen LogP contribution is 2.32. The number of benzene rings is 2. The Bertz CT molecular complexity index is 880. The Balaban J connectivity index is 2.44. The van der Waals surface area contributed by atoms with Gasteiger partial charge >= 0.3 is 0 Å². The number of hydrogen-bond donors (Lipinski definition) is 0. The molecular weight excluding hydrogens is 328 g/mol. The van der Waals surface area contributed by atoms with Crippen molar-refractivity contribution in [3.8, 4) is 6.07 Å². The number of carbonyl (C=O) groups excluding carboxylic acids is 1. The third-order valence-electron chi connectivity index (χ3n) is 4.16. The van der Waals surface area contributed by atoms with Crippen LogP contribution in [0.25, 0.3) is 6.08 Å². The zero-order valence-electron chi connectivity index (χ0n) is 14.8. The predicted molar refractivity (Wildman–Crippen MR) is 101 cm³/mol. The number of rotatable bonds is 7. The third-order valence-corrected chi connectivity index (χ3v) is 4.16. The van der Waals surface area contributed by atoms with E-state index in [0.29, 0.717) is 17.6 Å². The van der Waals surface area contributed by atoms with Crippen molar-refractivity contribution in [2.24, 2.45) is 0 Å². The first kappa shape index (κ1) is 19.1. The van der Waals surface area contributed by atoms with E-state index < -0.39 is 10.8 Å². The summed E-state index contributed by atoms with van der Waals surface area (Å²) in [4.78, 5) is 23.3. The highest BCUT2D eigenvalue weighted by atomic mass is 16.6. The first-order chi connectivity index (χ1) is 12.5. The molecule has 2 rings (SSSR count). The van der Waals surface area contributed by atoms with Crippen LogP contribution in [-0.4, -0.2) is 10.7 Å². The van der Waals surface area contributed by atoms with E-state index in [1.165, 1.54) is 6.07 Å². The molecule has 0 heterocycles. The number of carbonyl (C=O) groups is 1. The smallest absolute Gasteiger partial charge is 0.274 e. The molecule has 0 N–H and O–H groups in total. The molecule has 5 nitrogen and oxygen atoms in total. The quantitative estimate of drug-likeness (QED) is 0.402. The molecule has 1 unspecified atom stereocenters. The van der Waals surface area contributed by atoms with Crippen molar-refractivity contribution in [3.63, 3.8) is 0 Å². The van der Waals surface area contributed by atoms with Crippen LogP contribution in [0.2, 0.25) is 0 Å². The molecule has 2 aromatic rings. The zero-order valence-corrected chi connectivity index (χ0v) is 14.8. The summed E-state index contributed by atoms with van der Waals surface area (Å²) in [5.74, 6) is -0.828. The molecule has 0 spiro atoms. The van der Waals surface area contributed by atoms with Crippen molar-refractivity contribution >= 4 is 17.5 Å². The van der Waals surface area contributed by atoms with Crippen LogP contribution in [-0.2, 0) is 4.79 Å². The molecule has 0 aliphatic heterocycles. The molecule has 0 amide bonds. The lowest BCUT2D eigenvalue weighted by Crippen LogP contribution is -2.08. The number of ketones is 1. The second-order valence-electron chi connectivity index (χ2n) is 6.06. The van der Waals surface area contributed by atoms with E-state index in [-0.39, 0.29) is 17.9 Å². The van der Waals surface area contributed by atoms with E-state index in [1.807, 2.05) is 30.3 Å². The van der Waals surface area contributed by atoms with Gasteiger partial charge in [0.25, 0.3) is 5.69 Å². The van der Waals surface area contributed by atoms with Crippen molar-refractivity contribution in [1.29, 1.82) is 5.26 Å². The van der Waals surface area contributed by atoms with E-state index in [9.17, 15) is 20.2 Å². The Kier molecular flexibility index (Phi) is 6.40. The number of nitro benzene ring substituents is 1. The van der Waals surface area contributed by atoms with Gasteiger partial charge in [0.15, 0.2) is 5.78 Å². The molecule has 0 aliphatic carbocycles. The van der Waals surface area contributed by atoms with Gasteiger partial charge in [0.1, 0.15) is 0 Å². The summed E-state index contributed by atoms with van der Waals surface area (Å²) in [5.41, 5.74) is 2.37. The van der Waals surface area contributed by atoms with Gasteiger partial charge in [-0.05, 0) is 36.1 Å². The van der Waals surface area contributed by atoms with Crippen LogP contribution >= 0.6 is 0 Å². The van der Waals surface area contributed by atoms with Gasteiger partial charge in [-0.2, -0.15) is 5.26 Å². The number of allylic oxidation sites excluding steroid dienone is 1. The molecule has 0 saturated carbocycles. The largest absolute Gasteiger partial charge is 0.295 e. The Morgan fingerprint density at radius 3 is 2.54 bits per heavy atom. The number of aryl methyl sites for hydroxylation is 1. The summed E-state index contributed by atoms with van der Waals surface area (Å²) >= 11 is 0. The van der Waals surface area contributed by atoms with Gasteiger partial charge in [-0.15, -0.1) is 0 Å². The lowest BCUT2D eigenvalue weighted by Gasteiger charge is -2.13. The standard InChI is InChI=1S/C21H20N2O3/c1-3-21(24)17(12-16-7-5-4-6-8-16)13-18(14-22)19-10-9-15(2)11-20(19)23(25)26/h4-12,18H,3,13H2,1-2H3/b17-12+. The number of hydrogen-bond acceptors (Lipinski definition) is 4. The molecular formula is C21H20N2O3. The molecule has 1 atom stereocenters. The van der Waals surface area contributed by atoms with Crippen LogP contribution in [0.5, 0.6) is 0 Å². The SMILES string of the molecule is CCC(=O)/C(=C/c1ccccc1)CC(C#N)c1ccc(C)cc1[N+](=O)[O-]. The molecule has 0 bridgehead atoms. The highest BCUT2D eigenvalue weighted by Gasteiger charge is 2.24. The van der Waals surface area contributed by atoms with Crippen LogP contribution in [0.15, 0.2) is 54.1 Å². The minimum atomic E-state index is -0.763. The average Bonchev–Trinajstić information content (AvgIpc) is 2.65. The Hall–Kier alpha value is -3.26. The summed E-state index contributed by atoms with van der Waals surface area (Å²) in [7, 11) is 0. The summed E-state index contributed by atoms with van der Waals surface area (Å²) in [6, 6.07) is 16.3. The topological polar surface area (TPSA) is 84.0 Å². The summed E-state index contributed by atoms with van der Waals surface area (Å²) in [5, 5.41) is 21.0. The Morgan fingerprint density at radius 2 is 1.96 bits per heavy atom. The van der Waals surface area contributed by atoms with Gasteiger partial charge in [0.05, 0.1) is 16.9 Å². The van der Waals surface area contributed by atoms with Crippen molar-refractivity contribution in [3.05, 3.63) is 80.9 Å². The van der Waals surface area contributed by atoms with Gasteiger partial charge < -0.3 is 0 Å². The van der Waals surface area contributed by atoms with Crippen LogP contribution < -0.4 is 0 Å².